The maximum atomic E-state index is 13.2. The molecule has 9 heteroatoms. The molecule has 1 aliphatic rings. The van der Waals surface area contributed by atoms with Crippen molar-refractivity contribution in [2.75, 3.05) is 10.2 Å². The van der Waals surface area contributed by atoms with E-state index in [1.165, 1.54) is 40.9 Å². The van der Waals surface area contributed by atoms with Gasteiger partial charge in [0, 0.05) is 24.2 Å². The number of non-ortho nitro benzene ring substituents is 1. The molecule has 0 radical (unpaired) electrons. The summed E-state index contributed by atoms with van der Waals surface area (Å²) in [5.74, 6) is -0.589. The maximum Gasteiger partial charge on any atom is 0.269 e. The number of aliphatic imine (C=N–C) groups is 1. The Morgan fingerprint density at radius 3 is 2.25 bits per heavy atom. The fourth-order valence-electron chi connectivity index (χ4n) is 3.15. The van der Waals surface area contributed by atoms with E-state index in [4.69, 9.17) is 0 Å². The molecule has 1 heterocycles. The van der Waals surface area contributed by atoms with E-state index in [9.17, 15) is 19.7 Å². The topological polar surface area (TPSA) is 105 Å². The second-order valence-electron chi connectivity index (χ2n) is 6.90. The summed E-state index contributed by atoms with van der Waals surface area (Å²) >= 11 is 1.24. The third-order valence-electron chi connectivity index (χ3n) is 4.66. The van der Waals surface area contributed by atoms with Crippen LogP contribution in [-0.4, -0.2) is 27.2 Å². The molecule has 0 spiro atoms. The van der Waals surface area contributed by atoms with Gasteiger partial charge in [0.15, 0.2) is 5.17 Å². The van der Waals surface area contributed by atoms with Crippen LogP contribution in [0.25, 0.3) is 0 Å². The molecule has 3 aromatic rings. The highest BCUT2D eigenvalue weighted by Crippen LogP contribution is 2.35. The van der Waals surface area contributed by atoms with Crippen LogP contribution in [0, 0.1) is 10.1 Å². The highest BCUT2D eigenvalue weighted by atomic mass is 32.2. The zero-order valence-corrected chi connectivity index (χ0v) is 17.6. The number of hydrogen-bond donors (Lipinski definition) is 1. The summed E-state index contributed by atoms with van der Waals surface area (Å²) < 4.78 is 0. The van der Waals surface area contributed by atoms with Crippen LogP contribution in [0.15, 0.2) is 89.9 Å². The number of rotatable bonds is 6. The molecule has 1 aliphatic heterocycles. The molecule has 2 amide bonds. The van der Waals surface area contributed by atoms with Crippen LogP contribution in [0.5, 0.6) is 0 Å². The molecular formula is C23H18N4O4S. The molecule has 0 bridgehead atoms. The normalized spacial score (nSPS) is 16.9. The second kappa shape index (κ2) is 9.44. The quantitative estimate of drug-likeness (QED) is 0.434. The molecule has 8 nitrogen and oxygen atoms in total. The van der Waals surface area contributed by atoms with E-state index in [0.29, 0.717) is 22.2 Å². The van der Waals surface area contributed by atoms with Gasteiger partial charge in [0.05, 0.1) is 16.3 Å². The standard InChI is InChI=1S/C23H18N4O4S/c28-21(24-17-11-13-19(14-12-17)27(30)31)15-20-22(29)26(18-9-5-2-6-10-18)23(32-20)25-16-7-3-1-4-8-16/h1-14,20H,15H2,(H,24,28)/t20-/m1/s1. The number of amidine groups is 1. The Bertz CT molecular complexity index is 1170. The van der Waals surface area contributed by atoms with Crippen molar-refractivity contribution >= 4 is 51.5 Å². The van der Waals surface area contributed by atoms with Crippen molar-refractivity contribution < 1.29 is 14.5 Å². The van der Waals surface area contributed by atoms with Crippen molar-refractivity contribution in [1.29, 1.82) is 0 Å². The number of nitrogens with zero attached hydrogens (tertiary/aromatic N) is 3. The molecular weight excluding hydrogens is 428 g/mol. The summed E-state index contributed by atoms with van der Waals surface area (Å²) in [7, 11) is 0. The Morgan fingerprint density at radius 2 is 1.62 bits per heavy atom. The van der Waals surface area contributed by atoms with E-state index in [-0.39, 0.29) is 23.9 Å². The highest BCUT2D eigenvalue weighted by molar-refractivity contribution is 8.16. The molecule has 0 aliphatic carbocycles. The molecule has 32 heavy (non-hydrogen) atoms. The number of anilines is 2. The van der Waals surface area contributed by atoms with Crippen molar-refractivity contribution in [2.45, 2.75) is 11.7 Å². The van der Waals surface area contributed by atoms with Crippen molar-refractivity contribution in [3.8, 4) is 0 Å². The second-order valence-corrected chi connectivity index (χ2v) is 8.07. The number of carbonyl (C=O) groups is 2. The lowest BCUT2D eigenvalue weighted by Gasteiger charge is -2.16. The lowest BCUT2D eigenvalue weighted by molar-refractivity contribution is -0.384. The van der Waals surface area contributed by atoms with Gasteiger partial charge in [-0.05, 0) is 36.4 Å². The number of nitrogens with one attached hydrogen (secondary N) is 1. The van der Waals surface area contributed by atoms with Gasteiger partial charge in [0.2, 0.25) is 11.8 Å². The molecule has 1 fully saturated rings. The Labute approximate surface area is 188 Å². The van der Waals surface area contributed by atoms with E-state index >= 15 is 0 Å². The first-order valence-electron chi connectivity index (χ1n) is 9.75. The maximum absolute atomic E-state index is 13.2. The predicted molar refractivity (Wildman–Crippen MR) is 125 cm³/mol. The zero-order valence-electron chi connectivity index (χ0n) is 16.8. The van der Waals surface area contributed by atoms with Crippen LogP contribution in [0.4, 0.5) is 22.7 Å². The summed E-state index contributed by atoms with van der Waals surface area (Å²) in [5, 5.41) is 13.3. The zero-order chi connectivity index (χ0) is 22.5. The van der Waals surface area contributed by atoms with Gasteiger partial charge in [-0.15, -0.1) is 0 Å². The van der Waals surface area contributed by atoms with Gasteiger partial charge in [-0.1, -0.05) is 48.2 Å². The Kier molecular flexibility index (Phi) is 6.27. The molecule has 1 N–H and O–H groups in total. The van der Waals surface area contributed by atoms with Crippen LogP contribution in [0.1, 0.15) is 6.42 Å². The van der Waals surface area contributed by atoms with E-state index < -0.39 is 10.2 Å². The minimum absolute atomic E-state index is 0.0579. The van der Waals surface area contributed by atoms with E-state index in [1.54, 1.807) is 0 Å². The largest absolute Gasteiger partial charge is 0.326 e. The SMILES string of the molecule is O=C(C[C@H]1SC(=Nc2ccccc2)N(c2ccccc2)C1=O)Nc1ccc([N+](=O)[O-])cc1. The van der Waals surface area contributed by atoms with Gasteiger partial charge >= 0.3 is 0 Å². The van der Waals surface area contributed by atoms with Crippen molar-refractivity contribution in [1.82, 2.24) is 0 Å². The number of carbonyl (C=O) groups excluding carboxylic acids is 2. The van der Waals surface area contributed by atoms with Gasteiger partial charge in [0.1, 0.15) is 5.25 Å². The first-order valence-corrected chi connectivity index (χ1v) is 10.6. The van der Waals surface area contributed by atoms with Crippen molar-refractivity contribution in [2.24, 2.45) is 4.99 Å². The van der Waals surface area contributed by atoms with Crippen molar-refractivity contribution in [3.63, 3.8) is 0 Å². The number of para-hydroxylation sites is 2. The molecule has 0 unspecified atom stereocenters. The molecule has 1 atom stereocenters. The smallest absolute Gasteiger partial charge is 0.269 e. The van der Waals surface area contributed by atoms with Gasteiger partial charge in [-0.25, -0.2) is 4.99 Å². The number of benzene rings is 3. The first-order chi connectivity index (χ1) is 15.5. The van der Waals surface area contributed by atoms with Crippen LogP contribution in [0.2, 0.25) is 0 Å². The van der Waals surface area contributed by atoms with Crippen LogP contribution >= 0.6 is 11.8 Å². The van der Waals surface area contributed by atoms with E-state index in [0.717, 1.165) is 0 Å². The molecule has 160 valence electrons. The number of thioether (sulfide) groups is 1. The van der Waals surface area contributed by atoms with Gasteiger partial charge in [-0.2, -0.15) is 0 Å². The molecule has 0 aromatic heterocycles. The minimum Gasteiger partial charge on any atom is -0.326 e. The van der Waals surface area contributed by atoms with E-state index in [1.807, 2.05) is 60.7 Å². The first kappa shape index (κ1) is 21.3. The lowest BCUT2D eigenvalue weighted by atomic mass is 10.2. The molecule has 0 saturated carbocycles. The van der Waals surface area contributed by atoms with Gasteiger partial charge in [-0.3, -0.25) is 24.6 Å². The Morgan fingerprint density at radius 1 is 1.00 bits per heavy atom. The average Bonchev–Trinajstić information content (AvgIpc) is 3.09. The number of amides is 2. The van der Waals surface area contributed by atoms with Crippen LogP contribution in [0.3, 0.4) is 0 Å². The van der Waals surface area contributed by atoms with Gasteiger partial charge in [0.25, 0.3) is 5.69 Å². The fraction of sp³-hybridized carbons (Fsp3) is 0.0870. The summed E-state index contributed by atoms with van der Waals surface area (Å²) in [6, 6.07) is 24.0. The number of hydrogen-bond acceptors (Lipinski definition) is 6. The summed E-state index contributed by atoms with van der Waals surface area (Å²) in [5.41, 5.74) is 1.75. The third kappa shape index (κ3) is 4.84. The third-order valence-corrected chi connectivity index (χ3v) is 5.80. The van der Waals surface area contributed by atoms with Crippen LogP contribution < -0.4 is 10.2 Å². The number of nitro groups is 1. The molecule has 3 aromatic carbocycles. The molecule has 1 saturated heterocycles. The number of nitro benzene ring substituents is 1. The van der Waals surface area contributed by atoms with Crippen LogP contribution in [-0.2, 0) is 9.59 Å². The Balaban J connectivity index is 1.52. The summed E-state index contributed by atoms with van der Waals surface area (Å²) in [6.07, 6.45) is -0.0579. The average molecular weight is 446 g/mol. The minimum atomic E-state index is -0.643. The fourth-order valence-corrected chi connectivity index (χ4v) is 4.30. The summed E-state index contributed by atoms with van der Waals surface area (Å²) in [6.45, 7) is 0. The summed E-state index contributed by atoms with van der Waals surface area (Å²) in [4.78, 5) is 42.2. The predicted octanol–water partition coefficient (Wildman–Crippen LogP) is 4.76. The van der Waals surface area contributed by atoms with Gasteiger partial charge < -0.3 is 5.32 Å². The highest BCUT2D eigenvalue weighted by Gasteiger charge is 2.40. The monoisotopic (exact) mass is 446 g/mol. The van der Waals surface area contributed by atoms with Crippen molar-refractivity contribution in [3.05, 3.63) is 95.0 Å². The van der Waals surface area contributed by atoms with E-state index in [2.05, 4.69) is 10.3 Å². The Hall–Kier alpha value is -3.98. The lowest BCUT2D eigenvalue weighted by Crippen LogP contribution is -2.33. The molecule has 4 rings (SSSR count).